The van der Waals surface area contributed by atoms with Crippen LogP contribution in [-0.2, 0) is 4.79 Å². The second-order valence-corrected chi connectivity index (χ2v) is 7.18. The highest BCUT2D eigenvalue weighted by atomic mass is 16.2. The Balaban J connectivity index is 1.49. The number of hydrogen-bond donors (Lipinski definition) is 1. The molecule has 0 saturated heterocycles. The lowest BCUT2D eigenvalue weighted by Gasteiger charge is -2.23. The first-order valence-electron chi connectivity index (χ1n) is 9.37. The van der Waals surface area contributed by atoms with Crippen molar-refractivity contribution in [2.75, 3.05) is 11.4 Å². The fourth-order valence-corrected chi connectivity index (χ4v) is 4.15. The highest BCUT2D eigenvalue weighted by Crippen LogP contribution is 2.36. The smallest absolute Gasteiger partial charge is 0.259 e. The summed E-state index contributed by atoms with van der Waals surface area (Å²) in [4.78, 5) is 26.9. The maximum Gasteiger partial charge on any atom is 0.259 e. The molecule has 0 radical (unpaired) electrons. The van der Waals surface area contributed by atoms with Crippen LogP contribution in [0.2, 0.25) is 0 Å². The Morgan fingerprint density at radius 2 is 1.68 bits per heavy atom. The summed E-state index contributed by atoms with van der Waals surface area (Å²) < 4.78 is 0. The highest BCUT2D eigenvalue weighted by Gasteiger charge is 2.31. The monoisotopic (exact) mass is 336 g/mol. The molecule has 25 heavy (non-hydrogen) atoms. The molecule has 2 aromatic rings. The van der Waals surface area contributed by atoms with E-state index in [1.165, 1.54) is 32.1 Å². The molecule has 2 aliphatic rings. The largest absolute Gasteiger partial charge is 0.352 e. The molecule has 0 atom stereocenters. The number of nitrogens with one attached hydrogen (secondary N) is 1. The second-order valence-electron chi connectivity index (χ2n) is 7.18. The summed E-state index contributed by atoms with van der Waals surface area (Å²) in [6.45, 7) is 0.100. The number of rotatable bonds is 3. The van der Waals surface area contributed by atoms with Gasteiger partial charge in [0.25, 0.3) is 5.91 Å². The normalized spacial score (nSPS) is 18.2. The van der Waals surface area contributed by atoms with E-state index in [-0.39, 0.29) is 24.4 Å². The average molecular weight is 336 g/mol. The predicted molar refractivity (Wildman–Crippen MR) is 99.9 cm³/mol. The third kappa shape index (κ3) is 3.13. The fourth-order valence-electron chi connectivity index (χ4n) is 4.15. The van der Waals surface area contributed by atoms with E-state index >= 15 is 0 Å². The molecule has 1 aliphatic carbocycles. The van der Waals surface area contributed by atoms with Crippen molar-refractivity contribution in [3.05, 3.63) is 42.0 Å². The highest BCUT2D eigenvalue weighted by molar-refractivity contribution is 6.26. The van der Waals surface area contributed by atoms with E-state index < -0.39 is 0 Å². The van der Waals surface area contributed by atoms with E-state index in [4.69, 9.17) is 0 Å². The van der Waals surface area contributed by atoms with Crippen LogP contribution >= 0.6 is 0 Å². The molecule has 0 aromatic heterocycles. The van der Waals surface area contributed by atoms with Gasteiger partial charge in [0.2, 0.25) is 5.91 Å². The summed E-state index contributed by atoms with van der Waals surface area (Å²) in [5.74, 6) is -0.122. The zero-order chi connectivity index (χ0) is 17.2. The van der Waals surface area contributed by atoms with Crippen molar-refractivity contribution < 1.29 is 9.59 Å². The average Bonchev–Trinajstić information content (AvgIpc) is 2.85. The minimum atomic E-state index is -0.0698. The van der Waals surface area contributed by atoms with Crippen LogP contribution in [-0.4, -0.2) is 24.4 Å². The number of benzene rings is 2. The third-order valence-electron chi connectivity index (χ3n) is 5.42. The van der Waals surface area contributed by atoms with Crippen molar-refractivity contribution in [1.29, 1.82) is 0 Å². The van der Waals surface area contributed by atoms with Crippen molar-refractivity contribution in [3.8, 4) is 0 Å². The van der Waals surface area contributed by atoms with Crippen LogP contribution in [0.4, 0.5) is 5.69 Å². The quantitative estimate of drug-likeness (QED) is 0.920. The SMILES string of the molecule is O=C(CN1C(=O)c2cccc3cccc1c23)NC1CCCCCCC1. The Morgan fingerprint density at radius 1 is 1.00 bits per heavy atom. The van der Waals surface area contributed by atoms with Crippen LogP contribution < -0.4 is 10.2 Å². The number of amides is 2. The molecule has 1 aliphatic heterocycles. The lowest BCUT2D eigenvalue weighted by atomic mass is 9.97. The topological polar surface area (TPSA) is 49.4 Å². The maximum atomic E-state index is 12.8. The number of hydrogen-bond acceptors (Lipinski definition) is 2. The van der Waals surface area contributed by atoms with E-state index in [1.54, 1.807) is 4.90 Å². The molecule has 1 fully saturated rings. The standard InChI is InChI=1S/C21H24N2O2/c24-19(22-16-10-4-2-1-3-5-11-16)14-23-18-13-7-9-15-8-6-12-17(20(15)18)21(23)25/h6-9,12-13,16H,1-5,10-11,14H2,(H,22,24). The van der Waals surface area contributed by atoms with Gasteiger partial charge in [0.05, 0.1) is 5.69 Å². The van der Waals surface area contributed by atoms with Gasteiger partial charge in [-0.25, -0.2) is 0 Å². The number of carbonyl (C=O) groups excluding carboxylic acids is 2. The van der Waals surface area contributed by atoms with Crippen molar-refractivity contribution in [2.45, 2.75) is 51.0 Å². The number of anilines is 1. The summed E-state index contributed by atoms with van der Waals surface area (Å²) in [5.41, 5.74) is 1.55. The Bertz CT molecular complexity index is 801. The minimum absolute atomic E-state index is 0.0521. The molecule has 0 unspecified atom stereocenters. The molecule has 4 heteroatoms. The van der Waals surface area contributed by atoms with Crippen LogP contribution in [0, 0.1) is 0 Å². The lowest BCUT2D eigenvalue weighted by molar-refractivity contribution is -0.120. The van der Waals surface area contributed by atoms with Gasteiger partial charge in [-0.15, -0.1) is 0 Å². The summed E-state index contributed by atoms with van der Waals surface area (Å²) in [6.07, 6.45) is 8.29. The van der Waals surface area contributed by atoms with E-state index in [1.807, 2.05) is 36.4 Å². The van der Waals surface area contributed by atoms with Gasteiger partial charge in [-0.05, 0) is 30.4 Å². The van der Waals surface area contributed by atoms with Crippen molar-refractivity contribution in [2.24, 2.45) is 0 Å². The molecule has 130 valence electrons. The van der Waals surface area contributed by atoms with Crippen LogP contribution in [0.25, 0.3) is 10.8 Å². The molecule has 2 aromatic carbocycles. The van der Waals surface area contributed by atoms with Crippen molar-refractivity contribution in [1.82, 2.24) is 5.32 Å². The Hall–Kier alpha value is -2.36. The maximum absolute atomic E-state index is 12.8. The van der Waals surface area contributed by atoms with Crippen LogP contribution in [0.15, 0.2) is 36.4 Å². The molecule has 2 amide bonds. The van der Waals surface area contributed by atoms with Gasteiger partial charge in [-0.2, -0.15) is 0 Å². The number of carbonyl (C=O) groups is 2. The molecular weight excluding hydrogens is 312 g/mol. The van der Waals surface area contributed by atoms with E-state index in [2.05, 4.69) is 5.32 Å². The van der Waals surface area contributed by atoms with Gasteiger partial charge in [-0.1, -0.05) is 56.4 Å². The van der Waals surface area contributed by atoms with Gasteiger partial charge in [0.1, 0.15) is 6.54 Å². The zero-order valence-corrected chi connectivity index (χ0v) is 14.5. The first-order chi connectivity index (χ1) is 12.2. The predicted octanol–water partition coefficient (Wildman–Crippen LogP) is 4.03. The molecule has 4 nitrogen and oxygen atoms in total. The van der Waals surface area contributed by atoms with Crippen LogP contribution in [0.3, 0.4) is 0 Å². The van der Waals surface area contributed by atoms with Crippen molar-refractivity contribution in [3.63, 3.8) is 0 Å². The molecule has 0 bridgehead atoms. The van der Waals surface area contributed by atoms with E-state index in [0.29, 0.717) is 5.56 Å². The lowest BCUT2D eigenvalue weighted by Crippen LogP contribution is -2.43. The van der Waals surface area contributed by atoms with Crippen molar-refractivity contribution >= 4 is 28.3 Å². The first-order valence-corrected chi connectivity index (χ1v) is 9.37. The van der Waals surface area contributed by atoms with Gasteiger partial charge in [0.15, 0.2) is 0 Å². The second kappa shape index (κ2) is 6.87. The van der Waals surface area contributed by atoms with Gasteiger partial charge >= 0.3 is 0 Å². The Morgan fingerprint density at radius 3 is 2.44 bits per heavy atom. The van der Waals surface area contributed by atoms with Gasteiger partial charge in [0, 0.05) is 17.0 Å². The molecular formula is C21H24N2O2. The first kappa shape index (κ1) is 16.1. The van der Waals surface area contributed by atoms with Crippen LogP contribution in [0.1, 0.15) is 55.3 Å². The molecule has 1 saturated carbocycles. The zero-order valence-electron chi connectivity index (χ0n) is 14.5. The van der Waals surface area contributed by atoms with Crippen LogP contribution in [0.5, 0.6) is 0 Å². The molecule has 0 spiro atoms. The summed E-state index contributed by atoms with van der Waals surface area (Å²) >= 11 is 0. The van der Waals surface area contributed by atoms with E-state index in [0.717, 1.165) is 29.3 Å². The number of nitrogens with zero attached hydrogens (tertiary/aromatic N) is 1. The minimum Gasteiger partial charge on any atom is -0.352 e. The Labute approximate surface area is 148 Å². The molecule has 1 heterocycles. The molecule has 4 rings (SSSR count). The summed E-state index contributed by atoms with van der Waals surface area (Å²) in [7, 11) is 0. The van der Waals surface area contributed by atoms with Gasteiger partial charge < -0.3 is 5.32 Å². The van der Waals surface area contributed by atoms with Gasteiger partial charge in [-0.3, -0.25) is 14.5 Å². The summed E-state index contributed by atoms with van der Waals surface area (Å²) in [5, 5.41) is 5.17. The fraction of sp³-hybridized carbons (Fsp3) is 0.429. The Kier molecular flexibility index (Phi) is 4.43. The molecule has 1 N–H and O–H groups in total. The van der Waals surface area contributed by atoms with E-state index in [9.17, 15) is 9.59 Å². The summed E-state index contributed by atoms with van der Waals surface area (Å²) in [6, 6.07) is 11.9. The third-order valence-corrected chi connectivity index (χ3v) is 5.42.